The molecule has 0 saturated heterocycles. The van der Waals surface area contributed by atoms with Crippen LogP contribution in [0.2, 0.25) is 0 Å². The van der Waals surface area contributed by atoms with Crippen LogP contribution in [0.5, 0.6) is 11.5 Å². The topological polar surface area (TPSA) is 57.7 Å². The second-order valence-electron chi connectivity index (χ2n) is 10.3. The molecule has 3 aromatic carbocycles. The SMILES string of the molecule is COC(=O)c1ccc(OCc2ccc3ccccc3n2)cc1[C@]1(c2cccc(OC)c2)C[C@H]2CC[C@H]1C2. The number of carbonyl (C=O) groups excluding carboxylic acids is 1. The van der Waals surface area contributed by atoms with Crippen LogP contribution in [0.1, 0.15) is 52.9 Å². The van der Waals surface area contributed by atoms with Gasteiger partial charge in [0.05, 0.1) is 31.0 Å². The molecule has 37 heavy (non-hydrogen) atoms. The summed E-state index contributed by atoms with van der Waals surface area (Å²) < 4.78 is 17.1. The maximum atomic E-state index is 13.0. The number of hydrogen-bond acceptors (Lipinski definition) is 5. The number of pyridine rings is 1. The lowest BCUT2D eigenvalue weighted by Crippen LogP contribution is -2.36. The highest BCUT2D eigenvalue weighted by Crippen LogP contribution is 2.61. The first-order valence-electron chi connectivity index (χ1n) is 13.0. The molecule has 0 N–H and O–H groups in total. The van der Waals surface area contributed by atoms with Crippen molar-refractivity contribution in [3.05, 3.63) is 101 Å². The summed E-state index contributed by atoms with van der Waals surface area (Å²) in [6, 6.07) is 26.3. The summed E-state index contributed by atoms with van der Waals surface area (Å²) in [6.45, 7) is 0.347. The van der Waals surface area contributed by atoms with Gasteiger partial charge in [0, 0.05) is 10.8 Å². The quantitative estimate of drug-likeness (QED) is 0.268. The molecule has 4 aromatic rings. The van der Waals surface area contributed by atoms with Crippen molar-refractivity contribution >= 4 is 16.9 Å². The third-order valence-electron chi connectivity index (χ3n) is 8.35. The van der Waals surface area contributed by atoms with Crippen LogP contribution in [-0.2, 0) is 16.8 Å². The van der Waals surface area contributed by atoms with Crippen LogP contribution in [0.4, 0.5) is 0 Å². The molecule has 0 amide bonds. The molecule has 5 nitrogen and oxygen atoms in total. The largest absolute Gasteiger partial charge is 0.497 e. The third-order valence-corrected chi connectivity index (χ3v) is 8.35. The zero-order valence-electron chi connectivity index (χ0n) is 21.3. The number of carbonyl (C=O) groups is 1. The molecule has 1 aromatic heterocycles. The molecule has 2 fully saturated rings. The molecule has 0 aliphatic heterocycles. The fraction of sp³-hybridized carbons (Fsp3) is 0.312. The van der Waals surface area contributed by atoms with Gasteiger partial charge >= 0.3 is 5.97 Å². The number of para-hydroxylation sites is 1. The van der Waals surface area contributed by atoms with Crippen LogP contribution in [0.25, 0.3) is 10.9 Å². The molecule has 3 atom stereocenters. The van der Waals surface area contributed by atoms with Crippen molar-refractivity contribution < 1.29 is 19.0 Å². The minimum absolute atomic E-state index is 0.290. The molecule has 2 bridgehead atoms. The molecule has 5 heteroatoms. The van der Waals surface area contributed by atoms with Crippen LogP contribution in [0.15, 0.2) is 78.9 Å². The maximum absolute atomic E-state index is 13.0. The molecule has 0 spiro atoms. The number of fused-ring (bicyclic) bond motifs is 3. The predicted molar refractivity (Wildman–Crippen MR) is 143 cm³/mol. The van der Waals surface area contributed by atoms with Gasteiger partial charge in [-0.05, 0) is 84.7 Å². The Morgan fingerprint density at radius 1 is 0.946 bits per heavy atom. The van der Waals surface area contributed by atoms with Crippen LogP contribution in [-0.4, -0.2) is 25.2 Å². The van der Waals surface area contributed by atoms with E-state index in [9.17, 15) is 4.79 Å². The minimum Gasteiger partial charge on any atom is -0.497 e. The zero-order valence-corrected chi connectivity index (χ0v) is 21.3. The minimum atomic E-state index is -0.317. The molecular weight excluding hydrogens is 462 g/mol. The van der Waals surface area contributed by atoms with Crippen molar-refractivity contribution in [1.29, 1.82) is 0 Å². The number of rotatable bonds is 7. The van der Waals surface area contributed by atoms with Gasteiger partial charge in [-0.3, -0.25) is 0 Å². The highest BCUT2D eigenvalue weighted by Gasteiger charge is 2.54. The van der Waals surface area contributed by atoms with E-state index in [0.29, 0.717) is 24.0 Å². The van der Waals surface area contributed by atoms with Crippen molar-refractivity contribution in [2.45, 2.75) is 37.7 Å². The fourth-order valence-electron chi connectivity index (χ4n) is 6.69. The first-order valence-corrected chi connectivity index (χ1v) is 13.0. The summed E-state index contributed by atoms with van der Waals surface area (Å²) in [5.74, 6) is 2.33. The molecule has 0 radical (unpaired) electrons. The third kappa shape index (κ3) is 4.12. The van der Waals surface area contributed by atoms with Gasteiger partial charge in [0.1, 0.15) is 18.1 Å². The van der Waals surface area contributed by atoms with E-state index in [2.05, 4.69) is 30.3 Å². The van der Waals surface area contributed by atoms with Gasteiger partial charge < -0.3 is 14.2 Å². The average Bonchev–Trinajstić information content (AvgIpc) is 3.58. The Balaban J connectivity index is 1.41. The molecule has 0 unspecified atom stereocenters. The van der Waals surface area contributed by atoms with E-state index < -0.39 is 0 Å². The van der Waals surface area contributed by atoms with Crippen LogP contribution in [0, 0.1) is 11.8 Å². The summed E-state index contributed by atoms with van der Waals surface area (Å²) in [5, 5.41) is 1.10. The average molecular weight is 494 g/mol. The van der Waals surface area contributed by atoms with Crippen molar-refractivity contribution in [2.75, 3.05) is 14.2 Å². The van der Waals surface area contributed by atoms with E-state index >= 15 is 0 Å². The Morgan fingerprint density at radius 3 is 2.62 bits per heavy atom. The van der Waals surface area contributed by atoms with Gasteiger partial charge in [0.15, 0.2) is 0 Å². The van der Waals surface area contributed by atoms with Gasteiger partial charge in [0.25, 0.3) is 0 Å². The monoisotopic (exact) mass is 493 g/mol. The summed E-state index contributed by atoms with van der Waals surface area (Å²) in [6.07, 6.45) is 4.57. The van der Waals surface area contributed by atoms with E-state index in [-0.39, 0.29) is 11.4 Å². The highest BCUT2D eigenvalue weighted by molar-refractivity contribution is 5.92. The fourth-order valence-corrected chi connectivity index (χ4v) is 6.69. The normalized spacial score (nSPS) is 22.2. The van der Waals surface area contributed by atoms with Crippen molar-refractivity contribution in [3.63, 3.8) is 0 Å². The maximum Gasteiger partial charge on any atom is 0.338 e. The Morgan fingerprint density at radius 2 is 1.84 bits per heavy atom. The molecule has 2 saturated carbocycles. The van der Waals surface area contributed by atoms with Crippen molar-refractivity contribution in [3.8, 4) is 11.5 Å². The Bertz CT molecular complexity index is 1460. The summed E-state index contributed by atoms with van der Waals surface area (Å²) in [5.41, 5.74) is 4.31. The lowest BCUT2D eigenvalue weighted by atomic mass is 9.63. The molecule has 1 heterocycles. The molecule has 2 aliphatic carbocycles. The van der Waals surface area contributed by atoms with Gasteiger partial charge in [-0.25, -0.2) is 9.78 Å². The van der Waals surface area contributed by atoms with E-state index in [1.54, 1.807) is 7.11 Å². The van der Waals surface area contributed by atoms with Crippen LogP contribution in [0.3, 0.4) is 0 Å². The van der Waals surface area contributed by atoms with Gasteiger partial charge in [-0.1, -0.05) is 42.8 Å². The number of nitrogens with zero attached hydrogens (tertiary/aromatic N) is 1. The first-order chi connectivity index (χ1) is 18.1. The number of esters is 1. The smallest absolute Gasteiger partial charge is 0.338 e. The molecule has 188 valence electrons. The zero-order chi connectivity index (χ0) is 25.4. The standard InChI is InChI=1S/C32H31NO4/c1-35-26-8-5-7-23(17-26)32(19-21-10-12-24(32)16-21)29-18-27(14-15-28(29)31(34)36-2)37-20-25-13-11-22-6-3-4-9-30(22)33-25/h3-9,11,13-15,17-18,21,24H,10,12,16,19-20H2,1-2H3/t21-,24-,32-/m0/s1. The van der Waals surface area contributed by atoms with Crippen LogP contribution < -0.4 is 9.47 Å². The number of benzene rings is 3. The number of methoxy groups -OCH3 is 2. The lowest BCUT2D eigenvalue weighted by molar-refractivity contribution is 0.0597. The molecule has 6 rings (SSSR count). The van der Waals surface area contributed by atoms with Gasteiger partial charge in [-0.2, -0.15) is 0 Å². The van der Waals surface area contributed by atoms with Gasteiger partial charge in [0.2, 0.25) is 0 Å². The molecular formula is C32H31NO4. The number of aromatic nitrogens is 1. The lowest BCUT2D eigenvalue weighted by Gasteiger charge is -2.40. The Kier molecular flexibility index (Phi) is 6.07. The van der Waals surface area contributed by atoms with E-state index in [1.165, 1.54) is 25.5 Å². The van der Waals surface area contributed by atoms with Crippen molar-refractivity contribution in [2.24, 2.45) is 11.8 Å². The highest BCUT2D eigenvalue weighted by atomic mass is 16.5. The summed E-state index contributed by atoms with van der Waals surface area (Å²) in [4.78, 5) is 17.8. The second kappa shape index (κ2) is 9.55. The van der Waals surface area contributed by atoms with Gasteiger partial charge in [-0.15, -0.1) is 0 Å². The van der Waals surface area contributed by atoms with E-state index in [1.807, 2.05) is 48.5 Å². The first kappa shape index (κ1) is 23.5. The van der Waals surface area contributed by atoms with Crippen molar-refractivity contribution in [1.82, 2.24) is 4.98 Å². The van der Waals surface area contributed by atoms with Crippen LogP contribution >= 0.6 is 0 Å². The second-order valence-corrected chi connectivity index (χ2v) is 10.3. The Hall–Kier alpha value is -3.86. The van der Waals surface area contributed by atoms with E-state index in [4.69, 9.17) is 19.2 Å². The predicted octanol–water partition coefficient (Wildman–Crippen LogP) is 6.72. The summed E-state index contributed by atoms with van der Waals surface area (Å²) in [7, 11) is 3.14. The molecule has 2 aliphatic rings. The number of ether oxygens (including phenoxy) is 3. The Labute approximate surface area is 217 Å². The van der Waals surface area contributed by atoms with E-state index in [0.717, 1.165) is 46.5 Å². The summed E-state index contributed by atoms with van der Waals surface area (Å²) >= 11 is 0. The number of hydrogen-bond donors (Lipinski definition) is 0.